The van der Waals surface area contributed by atoms with Gasteiger partial charge in [0.25, 0.3) is 12.4 Å². The number of nitrogens with one attached hydrogen (secondary N) is 1. The van der Waals surface area contributed by atoms with E-state index in [1.165, 1.54) is 7.11 Å². The molecule has 3 N–H and O–H groups in total. The highest BCUT2D eigenvalue weighted by Gasteiger charge is 2.33. The average molecular weight is 486 g/mol. The zero-order valence-electron chi connectivity index (χ0n) is 19.9. The lowest BCUT2D eigenvalue weighted by Gasteiger charge is -2.32. The molecule has 2 aromatic heterocycles. The van der Waals surface area contributed by atoms with E-state index >= 15 is 0 Å². The Kier molecular flexibility index (Phi) is 9.10. The first kappa shape index (κ1) is 26.0. The minimum atomic E-state index is -0.652. The van der Waals surface area contributed by atoms with Gasteiger partial charge in [0.2, 0.25) is 11.8 Å². The SMILES string of the molecule is COc1nc2c(cc1CNC(=O)[C@@H]1CN(C)CC[C@@H]1O)C(=O)N(CCc1ccccn1)C2.O=CO. The number of aliphatic hydroxyl groups excluding tert-OH is 1. The molecule has 4 heterocycles. The number of carbonyl (C=O) groups is 3. The van der Waals surface area contributed by atoms with Gasteiger partial charge in [0, 0.05) is 50.1 Å². The van der Waals surface area contributed by atoms with E-state index in [0.29, 0.717) is 55.2 Å². The number of amides is 2. The molecule has 1 fully saturated rings. The van der Waals surface area contributed by atoms with Crippen LogP contribution < -0.4 is 10.1 Å². The monoisotopic (exact) mass is 485 g/mol. The lowest BCUT2D eigenvalue weighted by Crippen LogP contribution is -2.48. The first-order valence-electron chi connectivity index (χ1n) is 11.4. The van der Waals surface area contributed by atoms with E-state index in [9.17, 15) is 14.7 Å². The number of piperidine rings is 1. The molecule has 0 bridgehead atoms. The maximum atomic E-state index is 12.9. The zero-order valence-corrected chi connectivity index (χ0v) is 19.9. The minimum Gasteiger partial charge on any atom is -0.483 e. The Morgan fingerprint density at radius 1 is 1.37 bits per heavy atom. The topological polar surface area (TPSA) is 145 Å². The molecule has 0 unspecified atom stereocenters. The molecule has 2 aliphatic heterocycles. The van der Waals surface area contributed by atoms with Crippen LogP contribution >= 0.6 is 0 Å². The van der Waals surface area contributed by atoms with Crippen LogP contribution in [0.4, 0.5) is 0 Å². The third-order valence-corrected chi connectivity index (χ3v) is 6.13. The number of fused-ring (bicyclic) bond motifs is 1. The van der Waals surface area contributed by atoms with Crippen molar-refractivity contribution in [2.24, 2.45) is 5.92 Å². The van der Waals surface area contributed by atoms with Gasteiger partial charge in [0.15, 0.2) is 0 Å². The minimum absolute atomic E-state index is 0.0806. The van der Waals surface area contributed by atoms with Crippen LogP contribution in [-0.4, -0.2) is 88.2 Å². The number of pyridine rings is 2. The first-order valence-corrected chi connectivity index (χ1v) is 11.4. The summed E-state index contributed by atoms with van der Waals surface area (Å²) in [4.78, 5) is 46.6. The van der Waals surface area contributed by atoms with Gasteiger partial charge < -0.3 is 30.1 Å². The largest absolute Gasteiger partial charge is 0.483 e. The average Bonchev–Trinajstić information content (AvgIpc) is 3.17. The van der Waals surface area contributed by atoms with Gasteiger partial charge in [0.05, 0.1) is 36.9 Å². The maximum absolute atomic E-state index is 12.9. The summed E-state index contributed by atoms with van der Waals surface area (Å²) in [5.41, 5.74) is 2.78. The van der Waals surface area contributed by atoms with Crippen LogP contribution in [-0.2, 0) is 29.1 Å². The molecule has 1 saturated heterocycles. The lowest BCUT2D eigenvalue weighted by atomic mass is 9.94. The van der Waals surface area contributed by atoms with E-state index < -0.39 is 12.0 Å². The fourth-order valence-corrected chi connectivity index (χ4v) is 4.26. The number of hydrogen-bond donors (Lipinski definition) is 3. The van der Waals surface area contributed by atoms with Gasteiger partial charge in [-0.3, -0.25) is 19.4 Å². The third-order valence-electron chi connectivity index (χ3n) is 6.13. The molecule has 11 nitrogen and oxygen atoms in total. The highest BCUT2D eigenvalue weighted by Crippen LogP contribution is 2.27. The molecule has 0 aromatic carbocycles. The molecule has 2 aliphatic rings. The number of nitrogens with zero attached hydrogens (tertiary/aromatic N) is 4. The van der Waals surface area contributed by atoms with Crippen molar-refractivity contribution >= 4 is 18.3 Å². The van der Waals surface area contributed by atoms with Crippen molar-refractivity contribution in [3.05, 3.63) is 53.0 Å². The molecule has 2 amide bonds. The van der Waals surface area contributed by atoms with Gasteiger partial charge in [-0.25, -0.2) is 4.98 Å². The van der Waals surface area contributed by atoms with Crippen molar-refractivity contribution in [3.8, 4) is 5.88 Å². The van der Waals surface area contributed by atoms with Crippen molar-refractivity contribution in [1.82, 2.24) is 25.1 Å². The molecule has 11 heteroatoms. The predicted octanol–water partition coefficient (Wildman–Crippen LogP) is 0.313. The number of carbonyl (C=O) groups excluding carboxylic acids is 2. The standard InChI is InChI=1S/C23H29N5O4.CH2O2/c1-27-9-7-20(29)18(13-27)21(30)25-12-15-11-17-19(26-22(15)32-2)14-28(23(17)31)10-6-16-5-3-4-8-24-16;2-1-3/h3-5,8,11,18,20,29H,6-7,9-10,12-14H2,1-2H3,(H,25,30);1H,(H,2,3)/t18-,20+;/m1./s1. The number of likely N-dealkylation sites (tertiary alicyclic amines) is 1. The summed E-state index contributed by atoms with van der Waals surface area (Å²) >= 11 is 0. The summed E-state index contributed by atoms with van der Waals surface area (Å²) < 4.78 is 5.43. The second-order valence-electron chi connectivity index (χ2n) is 8.50. The molecule has 35 heavy (non-hydrogen) atoms. The van der Waals surface area contributed by atoms with Crippen molar-refractivity contribution in [2.45, 2.75) is 32.0 Å². The Labute approximate surface area is 203 Å². The van der Waals surface area contributed by atoms with Crippen molar-refractivity contribution < 1.29 is 29.3 Å². The number of ether oxygens (including phenoxy) is 1. The molecule has 0 radical (unpaired) electrons. The number of carboxylic acid groups (broad SMARTS) is 1. The van der Waals surface area contributed by atoms with Gasteiger partial charge in [0.1, 0.15) is 0 Å². The Morgan fingerprint density at radius 2 is 2.14 bits per heavy atom. The maximum Gasteiger partial charge on any atom is 0.290 e. The number of aromatic nitrogens is 2. The molecule has 188 valence electrons. The lowest BCUT2D eigenvalue weighted by molar-refractivity contribution is -0.131. The molecule has 0 saturated carbocycles. The summed E-state index contributed by atoms with van der Waals surface area (Å²) in [6, 6.07) is 7.50. The smallest absolute Gasteiger partial charge is 0.290 e. The van der Waals surface area contributed by atoms with Crippen molar-refractivity contribution in [1.29, 1.82) is 0 Å². The highest BCUT2D eigenvalue weighted by molar-refractivity contribution is 5.98. The molecule has 2 atom stereocenters. The Hall–Kier alpha value is -3.57. The summed E-state index contributed by atoms with van der Waals surface area (Å²) in [6.45, 7) is 2.18. The fraction of sp³-hybridized carbons (Fsp3) is 0.458. The summed E-state index contributed by atoms with van der Waals surface area (Å²) in [6.07, 6.45) is 2.33. The van der Waals surface area contributed by atoms with Crippen molar-refractivity contribution in [3.63, 3.8) is 0 Å². The molecule has 4 rings (SSSR count). The Morgan fingerprint density at radius 3 is 2.83 bits per heavy atom. The van der Waals surface area contributed by atoms with Gasteiger partial charge in [-0.2, -0.15) is 0 Å². The van der Waals surface area contributed by atoms with Crippen LogP contribution in [0.25, 0.3) is 0 Å². The van der Waals surface area contributed by atoms with Crippen LogP contribution in [0.15, 0.2) is 30.5 Å². The van der Waals surface area contributed by atoms with Crippen LogP contribution in [0.5, 0.6) is 5.88 Å². The van der Waals surface area contributed by atoms with Crippen LogP contribution in [0, 0.1) is 5.92 Å². The van der Waals surface area contributed by atoms with E-state index in [-0.39, 0.29) is 24.8 Å². The number of aliphatic hydroxyl groups is 1. The van der Waals surface area contributed by atoms with E-state index in [2.05, 4.69) is 15.3 Å². The van der Waals surface area contributed by atoms with E-state index in [4.69, 9.17) is 14.6 Å². The quantitative estimate of drug-likeness (QED) is 0.472. The predicted molar refractivity (Wildman–Crippen MR) is 126 cm³/mol. The van der Waals surface area contributed by atoms with Gasteiger partial charge >= 0.3 is 0 Å². The third kappa shape index (κ3) is 6.52. The van der Waals surface area contributed by atoms with E-state index in [0.717, 1.165) is 12.2 Å². The van der Waals surface area contributed by atoms with Crippen LogP contribution in [0.2, 0.25) is 0 Å². The highest BCUT2D eigenvalue weighted by atomic mass is 16.5. The van der Waals surface area contributed by atoms with Crippen LogP contribution in [0.1, 0.15) is 33.7 Å². The summed E-state index contributed by atoms with van der Waals surface area (Å²) in [5, 5.41) is 20.0. The first-order chi connectivity index (χ1) is 16.9. The van der Waals surface area contributed by atoms with E-state index in [1.54, 1.807) is 17.2 Å². The molecule has 0 spiro atoms. The molecular weight excluding hydrogens is 454 g/mol. The zero-order chi connectivity index (χ0) is 25.4. The molecule has 2 aromatic rings. The Balaban J connectivity index is 0.00000108. The Bertz CT molecular complexity index is 1030. The van der Waals surface area contributed by atoms with Gasteiger partial charge in [-0.1, -0.05) is 6.07 Å². The number of methoxy groups -OCH3 is 1. The van der Waals surface area contributed by atoms with Crippen molar-refractivity contribution in [2.75, 3.05) is 33.8 Å². The van der Waals surface area contributed by atoms with E-state index in [1.807, 2.05) is 30.1 Å². The van der Waals surface area contributed by atoms with Gasteiger partial charge in [-0.15, -0.1) is 0 Å². The molecule has 0 aliphatic carbocycles. The normalized spacial score (nSPS) is 19.4. The summed E-state index contributed by atoms with van der Waals surface area (Å²) in [5.74, 6) is -0.381. The number of rotatable bonds is 7. The fourth-order valence-electron chi connectivity index (χ4n) is 4.26. The molecular formula is C24H31N5O6. The van der Waals surface area contributed by atoms with Crippen LogP contribution in [0.3, 0.4) is 0 Å². The number of hydrogen-bond acceptors (Lipinski definition) is 8. The summed E-state index contributed by atoms with van der Waals surface area (Å²) in [7, 11) is 3.46. The second-order valence-corrected chi connectivity index (χ2v) is 8.50. The van der Waals surface area contributed by atoms with Gasteiger partial charge in [-0.05, 0) is 31.7 Å². The second kappa shape index (κ2) is 12.2.